The number of nitrogens with zero attached hydrogens (tertiary/aromatic N) is 1. The number of carbonyl (C=O) groups is 2. The molecule has 1 N–H and O–H groups in total. The molecule has 0 aromatic heterocycles. The lowest BCUT2D eigenvalue weighted by atomic mass is 9.99. The molecule has 120 valence electrons. The van der Waals surface area contributed by atoms with Crippen LogP contribution in [-0.2, 0) is 9.59 Å². The van der Waals surface area contributed by atoms with Gasteiger partial charge < -0.3 is 15.0 Å². The third-order valence-corrected chi connectivity index (χ3v) is 3.82. The van der Waals surface area contributed by atoms with E-state index in [-0.39, 0.29) is 30.8 Å². The highest BCUT2D eigenvalue weighted by Gasteiger charge is 2.34. The van der Waals surface area contributed by atoms with Crippen LogP contribution < -0.4 is 10.1 Å². The maximum Gasteiger partial charge on any atom is 0.243 e. The largest absolute Gasteiger partial charge is 0.493 e. The minimum atomic E-state index is -0.396. The van der Waals surface area contributed by atoms with Crippen LogP contribution in [0.4, 0.5) is 0 Å². The van der Waals surface area contributed by atoms with Crippen LogP contribution in [0.1, 0.15) is 20.3 Å². The summed E-state index contributed by atoms with van der Waals surface area (Å²) in [6, 6.07) is 6.66. The summed E-state index contributed by atoms with van der Waals surface area (Å²) in [6.45, 7) is 5.20. The van der Waals surface area contributed by atoms with Crippen LogP contribution in [0.5, 0.6) is 5.75 Å². The third kappa shape index (κ3) is 4.13. The average molecular weight is 325 g/mol. The van der Waals surface area contributed by atoms with Gasteiger partial charge in [0.1, 0.15) is 11.8 Å². The van der Waals surface area contributed by atoms with Gasteiger partial charge in [0, 0.05) is 18.1 Å². The summed E-state index contributed by atoms with van der Waals surface area (Å²) >= 11 is 5.88. The summed E-state index contributed by atoms with van der Waals surface area (Å²) < 4.78 is 5.54. The van der Waals surface area contributed by atoms with Crippen molar-refractivity contribution in [2.24, 2.45) is 5.92 Å². The van der Waals surface area contributed by atoms with E-state index < -0.39 is 6.04 Å². The van der Waals surface area contributed by atoms with Gasteiger partial charge in [-0.05, 0) is 24.1 Å². The van der Waals surface area contributed by atoms with Crippen molar-refractivity contribution in [3.05, 3.63) is 29.3 Å². The van der Waals surface area contributed by atoms with Crippen molar-refractivity contribution in [2.75, 3.05) is 19.7 Å². The summed E-state index contributed by atoms with van der Waals surface area (Å²) in [5.74, 6) is 0.580. The Labute approximate surface area is 135 Å². The molecule has 1 unspecified atom stereocenters. The highest BCUT2D eigenvalue weighted by molar-refractivity contribution is 6.30. The molecule has 1 fully saturated rings. The fourth-order valence-electron chi connectivity index (χ4n) is 2.58. The Morgan fingerprint density at radius 2 is 2.27 bits per heavy atom. The quantitative estimate of drug-likeness (QED) is 0.902. The van der Waals surface area contributed by atoms with Crippen molar-refractivity contribution in [1.82, 2.24) is 10.2 Å². The summed E-state index contributed by atoms with van der Waals surface area (Å²) in [4.78, 5) is 25.9. The van der Waals surface area contributed by atoms with Crippen molar-refractivity contribution in [3.8, 4) is 5.75 Å². The molecule has 1 aromatic carbocycles. The Hall–Kier alpha value is -1.75. The normalized spacial score (nSPS) is 18.3. The van der Waals surface area contributed by atoms with Gasteiger partial charge in [-0.25, -0.2) is 0 Å². The number of piperazine rings is 1. The van der Waals surface area contributed by atoms with E-state index in [0.717, 1.165) is 0 Å². The topological polar surface area (TPSA) is 58.6 Å². The second kappa shape index (κ2) is 7.49. The summed E-state index contributed by atoms with van der Waals surface area (Å²) in [5, 5.41) is 3.40. The number of nitrogens with one attached hydrogen (secondary N) is 1. The van der Waals surface area contributed by atoms with Gasteiger partial charge in [-0.15, -0.1) is 0 Å². The van der Waals surface area contributed by atoms with Crippen molar-refractivity contribution in [1.29, 1.82) is 0 Å². The molecule has 6 heteroatoms. The highest BCUT2D eigenvalue weighted by atomic mass is 35.5. The zero-order chi connectivity index (χ0) is 16.1. The molecule has 0 radical (unpaired) electrons. The van der Waals surface area contributed by atoms with Crippen LogP contribution in [0.25, 0.3) is 0 Å². The molecule has 1 atom stereocenters. The molecule has 2 rings (SSSR count). The Morgan fingerprint density at radius 3 is 2.95 bits per heavy atom. The van der Waals surface area contributed by atoms with Gasteiger partial charge in [0.15, 0.2) is 0 Å². The molecule has 2 amide bonds. The molecule has 0 aliphatic carbocycles. The lowest BCUT2D eigenvalue weighted by Crippen LogP contribution is -2.59. The number of benzene rings is 1. The van der Waals surface area contributed by atoms with Gasteiger partial charge >= 0.3 is 0 Å². The highest BCUT2D eigenvalue weighted by Crippen LogP contribution is 2.18. The smallest absolute Gasteiger partial charge is 0.243 e. The van der Waals surface area contributed by atoms with E-state index in [0.29, 0.717) is 23.9 Å². The second-order valence-electron chi connectivity index (χ2n) is 5.62. The molecular weight excluding hydrogens is 304 g/mol. The number of carbonyl (C=O) groups excluding carboxylic acids is 2. The first-order chi connectivity index (χ1) is 10.5. The third-order valence-electron chi connectivity index (χ3n) is 3.59. The van der Waals surface area contributed by atoms with Crippen LogP contribution in [0.3, 0.4) is 0 Å². The predicted molar refractivity (Wildman–Crippen MR) is 84.9 cm³/mol. The van der Waals surface area contributed by atoms with Crippen LogP contribution in [0.15, 0.2) is 24.3 Å². The van der Waals surface area contributed by atoms with Crippen LogP contribution in [0.2, 0.25) is 5.02 Å². The lowest BCUT2D eigenvalue weighted by molar-refractivity contribution is -0.145. The van der Waals surface area contributed by atoms with Gasteiger partial charge in [0.05, 0.1) is 13.0 Å². The van der Waals surface area contributed by atoms with Gasteiger partial charge in [0.25, 0.3) is 0 Å². The molecule has 0 bridgehead atoms. The van der Waals surface area contributed by atoms with E-state index in [4.69, 9.17) is 16.3 Å². The summed E-state index contributed by atoms with van der Waals surface area (Å²) in [5.41, 5.74) is 0. The van der Waals surface area contributed by atoms with Crippen LogP contribution >= 0.6 is 11.6 Å². The van der Waals surface area contributed by atoms with E-state index in [9.17, 15) is 9.59 Å². The minimum absolute atomic E-state index is 0.0596. The van der Waals surface area contributed by atoms with E-state index in [1.807, 2.05) is 13.8 Å². The van der Waals surface area contributed by atoms with Crippen LogP contribution in [-0.4, -0.2) is 42.5 Å². The molecule has 1 aromatic rings. The van der Waals surface area contributed by atoms with Gasteiger partial charge in [-0.3, -0.25) is 9.59 Å². The summed E-state index contributed by atoms with van der Waals surface area (Å²) in [7, 11) is 0. The molecule has 1 aliphatic rings. The molecular formula is C16H21ClN2O3. The van der Waals surface area contributed by atoms with E-state index >= 15 is 0 Å². The minimum Gasteiger partial charge on any atom is -0.493 e. The van der Waals surface area contributed by atoms with Gasteiger partial charge in [0.2, 0.25) is 11.8 Å². The second-order valence-corrected chi connectivity index (χ2v) is 6.06. The van der Waals surface area contributed by atoms with Gasteiger partial charge in [-0.1, -0.05) is 31.5 Å². The van der Waals surface area contributed by atoms with Crippen molar-refractivity contribution >= 4 is 23.4 Å². The first-order valence-corrected chi connectivity index (χ1v) is 7.82. The van der Waals surface area contributed by atoms with E-state index in [1.54, 1.807) is 29.2 Å². The molecule has 1 heterocycles. The van der Waals surface area contributed by atoms with Crippen LogP contribution in [0, 0.1) is 5.92 Å². The van der Waals surface area contributed by atoms with Crippen molar-refractivity contribution < 1.29 is 14.3 Å². The fraction of sp³-hybridized carbons (Fsp3) is 0.500. The average Bonchev–Trinajstić information content (AvgIpc) is 2.46. The van der Waals surface area contributed by atoms with Gasteiger partial charge in [-0.2, -0.15) is 0 Å². The first-order valence-electron chi connectivity index (χ1n) is 7.44. The Morgan fingerprint density at radius 1 is 1.50 bits per heavy atom. The monoisotopic (exact) mass is 324 g/mol. The predicted octanol–water partition coefficient (Wildman–Crippen LogP) is 2.09. The number of hydrogen-bond donors (Lipinski definition) is 1. The molecule has 0 saturated carbocycles. The molecule has 22 heavy (non-hydrogen) atoms. The Balaban J connectivity index is 1.89. The summed E-state index contributed by atoms with van der Waals surface area (Å²) in [6.07, 6.45) is 0.239. The molecule has 0 spiro atoms. The molecule has 1 saturated heterocycles. The van der Waals surface area contributed by atoms with E-state index in [1.165, 1.54) is 0 Å². The number of halogens is 1. The SMILES string of the molecule is CC(C)C1C(=O)NCCN1C(=O)CCOc1cccc(Cl)c1. The number of ether oxygens (including phenoxy) is 1. The maximum absolute atomic E-state index is 12.4. The molecule has 5 nitrogen and oxygen atoms in total. The molecule has 1 aliphatic heterocycles. The number of rotatable bonds is 5. The zero-order valence-corrected chi connectivity index (χ0v) is 13.6. The van der Waals surface area contributed by atoms with Crippen molar-refractivity contribution in [3.63, 3.8) is 0 Å². The van der Waals surface area contributed by atoms with E-state index in [2.05, 4.69) is 5.32 Å². The number of amides is 2. The van der Waals surface area contributed by atoms with Crippen molar-refractivity contribution in [2.45, 2.75) is 26.3 Å². The first kappa shape index (κ1) is 16.6. The Kier molecular flexibility index (Phi) is 5.66. The lowest BCUT2D eigenvalue weighted by Gasteiger charge is -2.37. The fourth-order valence-corrected chi connectivity index (χ4v) is 2.76. The Bertz CT molecular complexity index is 548. The maximum atomic E-state index is 12.4. The number of hydrogen-bond acceptors (Lipinski definition) is 3. The zero-order valence-electron chi connectivity index (χ0n) is 12.8. The standard InChI is InChI=1S/C16H21ClN2O3/c1-11(2)15-16(21)18-7-8-19(15)14(20)6-9-22-13-5-3-4-12(17)10-13/h3-5,10-11,15H,6-9H2,1-2H3,(H,18,21).